The molecule has 2 aromatic rings. The molecule has 21 heavy (non-hydrogen) atoms. The number of rotatable bonds is 2. The van der Waals surface area contributed by atoms with Crippen LogP contribution >= 0.6 is 0 Å². The fraction of sp³-hybridized carbons (Fsp3) is 0.500. The summed E-state index contributed by atoms with van der Waals surface area (Å²) >= 11 is 0. The number of fused-ring (bicyclic) bond motifs is 2. The molecule has 0 radical (unpaired) electrons. The summed E-state index contributed by atoms with van der Waals surface area (Å²) in [6.45, 7) is 2.01. The van der Waals surface area contributed by atoms with Gasteiger partial charge in [-0.1, -0.05) is 6.07 Å². The van der Waals surface area contributed by atoms with Crippen molar-refractivity contribution in [1.82, 2.24) is 14.9 Å². The van der Waals surface area contributed by atoms with Crippen LogP contribution in [0.15, 0.2) is 18.2 Å². The summed E-state index contributed by atoms with van der Waals surface area (Å²) in [5, 5.41) is 3.46. The van der Waals surface area contributed by atoms with Crippen LogP contribution in [0.25, 0.3) is 5.69 Å². The van der Waals surface area contributed by atoms with Crippen molar-refractivity contribution in [3.05, 3.63) is 46.5 Å². The van der Waals surface area contributed by atoms with Gasteiger partial charge in [0.2, 0.25) is 0 Å². The van der Waals surface area contributed by atoms with Gasteiger partial charge in [-0.25, -0.2) is 4.98 Å². The molecular weight excluding hydrogens is 258 g/mol. The molecule has 1 fully saturated rings. The first-order chi connectivity index (χ1) is 10.4. The molecule has 1 saturated carbocycles. The summed E-state index contributed by atoms with van der Waals surface area (Å²) in [5.41, 5.74) is 7.21. The Morgan fingerprint density at radius 3 is 2.90 bits per heavy atom. The smallest absolute Gasteiger partial charge is 0.116 e. The maximum Gasteiger partial charge on any atom is 0.116 e. The van der Waals surface area contributed by atoms with Crippen molar-refractivity contribution in [2.75, 3.05) is 6.54 Å². The molecule has 2 heterocycles. The van der Waals surface area contributed by atoms with Crippen molar-refractivity contribution in [1.29, 1.82) is 0 Å². The van der Waals surface area contributed by atoms with Crippen molar-refractivity contribution in [2.45, 2.75) is 51.0 Å². The van der Waals surface area contributed by atoms with Crippen LogP contribution in [0.4, 0.5) is 0 Å². The lowest BCUT2D eigenvalue weighted by Crippen LogP contribution is -2.24. The van der Waals surface area contributed by atoms with Crippen LogP contribution in [0.5, 0.6) is 0 Å². The fourth-order valence-electron chi connectivity index (χ4n) is 3.93. The Balaban J connectivity index is 1.69. The summed E-state index contributed by atoms with van der Waals surface area (Å²) in [6.07, 6.45) is 7.56. The molecule has 1 aromatic carbocycles. The second kappa shape index (κ2) is 4.44. The minimum absolute atomic E-state index is 0.698. The van der Waals surface area contributed by atoms with Gasteiger partial charge in [0.1, 0.15) is 5.82 Å². The average molecular weight is 279 g/mol. The van der Waals surface area contributed by atoms with Crippen LogP contribution in [-0.4, -0.2) is 16.1 Å². The van der Waals surface area contributed by atoms with Crippen LogP contribution in [0.2, 0.25) is 0 Å². The third-order valence-electron chi connectivity index (χ3n) is 5.20. The zero-order chi connectivity index (χ0) is 13.8. The normalized spacial score (nSPS) is 20.4. The first-order valence-electron chi connectivity index (χ1n) is 8.33. The third-order valence-corrected chi connectivity index (χ3v) is 5.20. The fourth-order valence-corrected chi connectivity index (χ4v) is 3.93. The monoisotopic (exact) mass is 279 g/mol. The Hall–Kier alpha value is -1.61. The molecule has 1 aromatic heterocycles. The molecule has 0 atom stereocenters. The molecule has 0 bridgehead atoms. The Labute approximate surface area is 125 Å². The average Bonchev–Trinajstić information content (AvgIpc) is 3.13. The quantitative estimate of drug-likeness (QED) is 0.916. The van der Waals surface area contributed by atoms with Gasteiger partial charge < -0.3 is 9.88 Å². The molecule has 0 unspecified atom stereocenters. The number of benzene rings is 1. The van der Waals surface area contributed by atoms with Crippen LogP contribution < -0.4 is 5.32 Å². The molecule has 0 amide bonds. The molecule has 5 rings (SSSR count). The van der Waals surface area contributed by atoms with E-state index >= 15 is 0 Å². The second-order valence-corrected chi connectivity index (χ2v) is 6.71. The van der Waals surface area contributed by atoms with Crippen molar-refractivity contribution in [3.8, 4) is 5.69 Å². The molecule has 3 aliphatic rings. The van der Waals surface area contributed by atoms with Gasteiger partial charge in [-0.2, -0.15) is 0 Å². The molecule has 2 aliphatic carbocycles. The van der Waals surface area contributed by atoms with E-state index in [-0.39, 0.29) is 0 Å². The summed E-state index contributed by atoms with van der Waals surface area (Å²) < 4.78 is 2.49. The van der Waals surface area contributed by atoms with Gasteiger partial charge in [-0.3, -0.25) is 0 Å². The standard InChI is InChI=1S/C18H21N3/c1-2-12-6-7-15(10-14(12)3-1)21-17-8-9-19-11-16(17)20-18(21)13-4-5-13/h6-7,10,13,19H,1-5,8-9,11H2. The topological polar surface area (TPSA) is 29.9 Å². The minimum atomic E-state index is 0.698. The molecule has 108 valence electrons. The lowest BCUT2D eigenvalue weighted by Gasteiger charge is -2.17. The second-order valence-electron chi connectivity index (χ2n) is 6.71. The number of hydrogen-bond donors (Lipinski definition) is 1. The van der Waals surface area contributed by atoms with Crippen molar-refractivity contribution < 1.29 is 0 Å². The molecular formula is C18H21N3. The number of nitrogens with zero attached hydrogens (tertiary/aromatic N) is 2. The van der Waals surface area contributed by atoms with Gasteiger partial charge in [-0.05, 0) is 55.4 Å². The van der Waals surface area contributed by atoms with Gasteiger partial charge >= 0.3 is 0 Å². The van der Waals surface area contributed by atoms with Gasteiger partial charge in [-0.15, -0.1) is 0 Å². The van der Waals surface area contributed by atoms with Crippen LogP contribution in [0, 0.1) is 0 Å². The highest BCUT2D eigenvalue weighted by atomic mass is 15.1. The summed E-state index contributed by atoms with van der Waals surface area (Å²) in [4.78, 5) is 4.98. The van der Waals surface area contributed by atoms with Crippen molar-refractivity contribution >= 4 is 0 Å². The Morgan fingerprint density at radius 2 is 2.00 bits per heavy atom. The molecule has 3 nitrogen and oxygen atoms in total. The van der Waals surface area contributed by atoms with E-state index < -0.39 is 0 Å². The Bertz CT molecular complexity index is 709. The van der Waals surface area contributed by atoms with E-state index in [9.17, 15) is 0 Å². The van der Waals surface area contributed by atoms with Crippen molar-refractivity contribution in [2.24, 2.45) is 0 Å². The maximum absolute atomic E-state index is 4.98. The molecule has 3 heteroatoms. The van der Waals surface area contributed by atoms with Gasteiger partial charge in [0.05, 0.1) is 5.69 Å². The highest BCUT2D eigenvalue weighted by Crippen LogP contribution is 2.42. The Morgan fingerprint density at radius 1 is 1.10 bits per heavy atom. The predicted octanol–water partition coefficient (Wildman–Crippen LogP) is 2.88. The highest BCUT2D eigenvalue weighted by Gasteiger charge is 2.32. The zero-order valence-electron chi connectivity index (χ0n) is 12.4. The lowest BCUT2D eigenvalue weighted by atomic mass is 10.1. The number of imidazole rings is 1. The Kier molecular flexibility index (Phi) is 2.53. The zero-order valence-corrected chi connectivity index (χ0v) is 12.4. The lowest BCUT2D eigenvalue weighted by molar-refractivity contribution is 0.620. The largest absolute Gasteiger partial charge is 0.311 e. The highest BCUT2D eigenvalue weighted by molar-refractivity contribution is 5.46. The van der Waals surface area contributed by atoms with Crippen LogP contribution in [-0.2, 0) is 25.8 Å². The van der Waals surface area contributed by atoms with Gasteiger partial charge in [0.15, 0.2) is 0 Å². The molecule has 0 spiro atoms. The van der Waals surface area contributed by atoms with Gasteiger partial charge in [0, 0.05) is 36.8 Å². The third kappa shape index (κ3) is 1.87. The van der Waals surface area contributed by atoms with Crippen LogP contribution in [0.1, 0.15) is 53.5 Å². The number of aryl methyl sites for hydroxylation is 2. The molecule has 1 N–H and O–H groups in total. The summed E-state index contributed by atoms with van der Waals surface area (Å²) in [7, 11) is 0. The first kappa shape index (κ1) is 12.0. The van der Waals surface area contributed by atoms with E-state index in [0.29, 0.717) is 5.92 Å². The maximum atomic E-state index is 4.98. The number of aromatic nitrogens is 2. The predicted molar refractivity (Wildman–Crippen MR) is 83.0 cm³/mol. The van der Waals surface area contributed by atoms with E-state index in [4.69, 9.17) is 4.98 Å². The number of nitrogens with one attached hydrogen (secondary N) is 1. The number of hydrogen-bond acceptors (Lipinski definition) is 2. The van der Waals surface area contributed by atoms with Crippen molar-refractivity contribution in [3.63, 3.8) is 0 Å². The minimum Gasteiger partial charge on any atom is -0.311 e. The van der Waals surface area contributed by atoms with Gasteiger partial charge in [0.25, 0.3) is 0 Å². The summed E-state index contributed by atoms with van der Waals surface area (Å²) in [5.74, 6) is 2.02. The van der Waals surface area contributed by atoms with E-state index in [1.165, 1.54) is 55.0 Å². The molecule has 0 saturated heterocycles. The summed E-state index contributed by atoms with van der Waals surface area (Å²) in [6, 6.07) is 7.10. The SMILES string of the molecule is c1cc2c(cc1-n1c(C3CC3)nc3c1CCNC3)CCC2. The van der Waals surface area contributed by atoms with E-state index in [1.54, 1.807) is 11.1 Å². The van der Waals surface area contributed by atoms with E-state index in [0.717, 1.165) is 19.5 Å². The first-order valence-corrected chi connectivity index (χ1v) is 8.33. The molecule has 1 aliphatic heterocycles. The van der Waals surface area contributed by atoms with Crippen LogP contribution in [0.3, 0.4) is 0 Å². The van der Waals surface area contributed by atoms with E-state index in [1.807, 2.05) is 0 Å². The van der Waals surface area contributed by atoms with E-state index in [2.05, 4.69) is 28.1 Å².